The van der Waals surface area contributed by atoms with Crippen LogP contribution in [0.1, 0.15) is 9.67 Å². The van der Waals surface area contributed by atoms with Gasteiger partial charge in [-0.2, -0.15) is 0 Å². The Morgan fingerprint density at radius 3 is 2.86 bits per heavy atom. The lowest BCUT2D eigenvalue weighted by Crippen LogP contribution is -2.00. The number of hydrogen-bond acceptors (Lipinski definition) is 5. The van der Waals surface area contributed by atoms with Crippen molar-refractivity contribution in [2.24, 2.45) is 0 Å². The molecule has 0 amide bonds. The first-order valence-electron chi connectivity index (χ1n) is 3.90. The van der Waals surface area contributed by atoms with E-state index in [0.29, 0.717) is 10.6 Å². The van der Waals surface area contributed by atoms with Crippen LogP contribution in [0.4, 0.5) is 0 Å². The van der Waals surface area contributed by atoms with Crippen molar-refractivity contribution in [3.63, 3.8) is 0 Å². The molecule has 2 aromatic rings. The van der Waals surface area contributed by atoms with E-state index in [1.54, 1.807) is 18.4 Å². The van der Waals surface area contributed by atoms with Crippen molar-refractivity contribution < 1.29 is 14.3 Å². The molecule has 0 aromatic carbocycles. The third kappa shape index (κ3) is 1.29. The summed E-state index contributed by atoms with van der Waals surface area (Å²) < 4.78 is 11.9. The molecule has 2 heterocycles. The predicted molar refractivity (Wildman–Crippen MR) is 57.6 cm³/mol. The third-order valence-corrected chi connectivity index (χ3v) is 3.99. The predicted octanol–water partition coefficient (Wildman–Crippen LogP) is 2.76. The number of fused-ring (bicyclic) bond motifs is 1. The largest absolute Gasteiger partial charge is 0.493 e. The molecular weight excluding hydrogens is 220 g/mol. The quantitative estimate of drug-likeness (QED) is 0.741. The molecule has 14 heavy (non-hydrogen) atoms. The Kier molecular flexibility index (Phi) is 2.43. The van der Waals surface area contributed by atoms with E-state index < -0.39 is 0 Å². The number of thiophene rings is 2. The average molecular weight is 228 g/mol. The van der Waals surface area contributed by atoms with E-state index in [-0.39, 0.29) is 5.97 Å². The number of ether oxygens (including phenoxy) is 2. The second-order valence-corrected chi connectivity index (χ2v) is 4.54. The Morgan fingerprint density at radius 1 is 1.43 bits per heavy atom. The molecule has 0 aliphatic heterocycles. The van der Waals surface area contributed by atoms with E-state index in [0.717, 1.165) is 9.40 Å². The standard InChI is InChI=1S/C9H8O3S2/c1-11-6-7-5(3-4-13-7)14-8(6)9(10)12-2/h3-4H,1-2H3. The van der Waals surface area contributed by atoms with E-state index in [1.807, 2.05) is 11.4 Å². The first-order valence-corrected chi connectivity index (χ1v) is 5.60. The minimum absolute atomic E-state index is 0.338. The fraction of sp³-hybridized carbons (Fsp3) is 0.222. The third-order valence-electron chi connectivity index (χ3n) is 1.83. The number of carbonyl (C=O) groups is 1. The van der Waals surface area contributed by atoms with Gasteiger partial charge in [0.2, 0.25) is 0 Å². The van der Waals surface area contributed by atoms with Crippen LogP contribution in [0, 0.1) is 0 Å². The SMILES string of the molecule is COC(=O)c1sc2ccsc2c1OC. The van der Waals surface area contributed by atoms with Crippen molar-refractivity contribution in [1.29, 1.82) is 0 Å². The Hall–Kier alpha value is -1.07. The van der Waals surface area contributed by atoms with Gasteiger partial charge in [-0.25, -0.2) is 4.79 Å². The highest BCUT2D eigenvalue weighted by Crippen LogP contribution is 2.41. The lowest BCUT2D eigenvalue weighted by atomic mass is 10.4. The lowest BCUT2D eigenvalue weighted by Gasteiger charge is -1.99. The van der Waals surface area contributed by atoms with Crippen molar-refractivity contribution in [3.8, 4) is 5.75 Å². The fourth-order valence-corrected chi connectivity index (χ4v) is 3.44. The molecule has 0 bridgehead atoms. The first kappa shape index (κ1) is 9.48. The van der Waals surface area contributed by atoms with E-state index in [1.165, 1.54) is 18.4 Å². The van der Waals surface area contributed by atoms with Crippen LogP contribution in [0.25, 0.3) is 9.40 Å². The van der Waals surface area contributed by atoms with Gasteiger partial charge in [-0.1, -0.05) is 0 Å². The van der Waals surface area contributed by atoms with Crippen molar-refractivity contribution in [3.05, 3.63) is 16.3 Å². The summed E-state index contributed by atoms with van der Waals surface area (Å²) in [5.41, 5.74) is 0. The van der Waals surface area contributed by atoms with Gasteiger partial charge in [-0.3, -0.25) is 0 Å². The molecule has 2 rings (SSSR count). The summed E-state index contributed by atoms with van der Waals surface area (Å²) in [5, 5.41) is 1.98. The minimum Gasteiger partial charge on any atom is -0.493 e. The number of methoxy groups -OCH3 is 2. The molecule has 5 heteroatoms. The molecule has 0 saturated heterocycles. The molecule has 0 N–H and O–H groups in total. The number of esters is 1. The Labute approximate surface area is 88.9 Å². The summed E-state index contributed by atoms with van der Waals surface area (Å²) >= 11 is 2.96. The summed E-state index contributed by atoms with van der Waals surface area (Å²) in [6.07, 6.45) is 0. The minimum atomic E-state index is -0.338. The van der Waals surface area contributed by atoms with Gasteiger partial charge in [0, 0.05) is 4.70 Å². The molecule has 0 atom stereocenters. The highest BCUT2D eigenvalue weighted by Gasteiger charge is 2.20. The molecule has 3 nitrogen and oxygen atoms in total. The summed E-state index contributed by atoms with van der Waals surface area (Å²) in [6.45, 7) is 0. The van der Waals surface area contributed by atoms with Crippen molar-refractivity contribution in [2.75, 3.05) is 14.2 Å². The molecule has 74 valence electrons. The van der Waals surface area contributed by atoms with Crippen LogP contribution >= 0.6 is 22.7 Å². The molecule has 2 aromatic heterocycles. The number of carbonyl (C=O) groups excluding carboxylic acids is 1. The topological polar surface area (TPSA) is 35.5 Å². The second kappa shape index (κ2) is 3.59. The van der Waals surface area contributed by atoms with Crippen LogP contribution in [0.3, 0.4) is 0 Å². The monoisotopic (exact) mass is 228 g/mol. The number of rotatable bonds is 2. The van der Waals surface area contributed by atoms with Crippen LogP contribution in [0.2, 0.25) is 0 Å². The Bertz CT molecular complexity index is 469. The normalized spacial score (nSPS) is 10.4. The highest BCUT2D eigenvalue weighted by molar-refractivity contribution is 7.28. The molecule has 0 aliphatic rings. The van der Waals surface area contributed by atoms with E-state index in [2.05, 4.69) is 4.74 Å². The zero-order valence-corrected chi connectivity index (χ0v) is 9.33. The average Bonchev–Trinajstić information content (AvgIpc) is 2.74. The molecule has 0 fully saturated rings. The molecule has 0 spiro atoms. The van der Waals surface area contributed by atoms with Gasteiger partial charge in [0.1, 0.15) is 0 Å². The van der Waals surface area contributed by atoms with Crippen molar-refractivity contribution >= 4 is 38.0 Å². The molecule has 0 saturated carbocycles. The Morgan fingerprint density at radius 2 is 2.21 bits per heavy atom. The maximum Gasteiger partial charge on any atom is 0.351 e. The van der Waals surface area contributed by atoms with Gasteiger partial charge in [0.25, 0.3) is 0 Å². The van der Waals surface area contributed by atoms with Crippen LogP contribution in [0.15, 0.2) is 11.4 Å². The molecule has 0 unspecified atom stereocenters. The summed E-state index contributed by atoms with van der Waals surface area (Å²) in [5.74, 6) is 0.294. The maximum absolute atomic E-state index is 11.4. The molecule has 0 radical (unpaired) electrons. The lowest BCUT2D eigenvalue weighted by molar-refractivity contribution is 0.0603. The van der Waals surface area contributed by atoms with Crippen molar-refractivity contribution in [2.45, 2.75) is 0 Å². The van der Waals surface area contributed by atoms with Gasteiger partial charge >= 0.3 is 5.97 Å². The van der Waals surface area contributed by atoms with E-state index in [4.69, 9.17) is 4.74 Å². The van der Waals surface area contributed by atoms with Crippen LogP contribution < -0.4 is 4.74 Å². The highest BCUT2D eigenvalue weighted by atomic mass is 32.1. The van der Waals surface area contributed by atoms with E-state index in [9.17, 15) is 4.79 Å². The van der Waals surface area contributed by atoms with Gasteiger partial charge in [0.05, 0.1) is 18.9 Å². The molecule has 0 aliphatic carbocycles. The zero-order chi connectivity index (χ0) is 10.1. The smallest absolute Gasteiger partial charge is 0.351 e. The maximum atomic E-state index is 11.4. The molecular formula is C9H8O3S2. The van der Waals surface area contributed by atoms with Crippen LogP contribution in [0.5, 0.6) is 5.75 Å². The zero-order valence-electron chi connectivity index (χ0n) is 7.70. The Balaban J connectivity index is 2.63. The summed E-state index contributed by atoms with van der Waals surface area (Å²) in [7, 11) is 2.93. The van der Waals surface area contributed by atoms with Crippen LogP contribution in [-0.2, 0) is 4.74 Å². The van der Waals surface area contributed by atoms with Gasteiger partial charge in [-0.05, 0) is 11.4 Å². The van der Waals surface area contributed by atoms with Crippen molar-refractivity contribution in [1.82, 2.24) is 0 Å². The van der Waals surface area contributed by atoms with Gasteiger partial charge in [-0.15, -0.1) is 22.7 Å². The first-order chi connectivity index (χ1) is 6.77. The van der Waals surface area contributed by atoms with Gasteiger partial charge < -0.3 is 9.47 Å². The van der Waals surface area contributed by atoms with Gasteiger partial charge in [0.15, 0.2) is 10.6 Å². The number of hydrogen-bond donors (Lipinski definition) is 0. The summed E-state index contributed by atoms with van der Waals surface area (Å²) in [6, 6.07) is 1.97. The van der Waals surface area contributed by atoms with Crippen LogP contribution in [-0.4, -0.2) is 20.2 Å². The summed E-state index contributed by atoms with van der Waals surface area (Å²) in [4.78, 5) is 11.9. The van der Waals surface area contributed by atoms with E-state index >= 15 is 0 Å². The second-order valence-electron chi connectivity index (χ2n) is 2.57. The fourth-order valence-electron chi connectivity index (χ4n) is 1.22.